The Balaban J connectivity index is 3.00. The van der Waals surface area contributed by atoms with Gasteiger partial charge in [0.15, 0.2) is 0 Å². The zero-order valence-electron chi connectivity index (χ0n) is 6.30. The minimum Gasteiger partial charge on any atom is -0.398 e. The third-order valence-electron chi connectivity index (χ3n) is 1.44. The SMILES string of the molecule is CSCc1c(N)cccc1Cl. The Labute approximate surface area is 75.9 Å². The highest BCUT2D eigenvalue weighted by molar-refractivity contribution is 7.97. The van der Waals surface area contributed by atoms with Gasteiger partial charge < -0.3 is 5.73 Å². The average Bonchev–Trinajstić information content (AvgIpc) is 1.97. The van der Waals surface area contributed by atoms with Crippen LogP contribution in [0.3, 0.4) is 0 Å². The molecule has 0 saturated carbocycles. The number of anilines is 1. The van der Waals surface area contributed by atoms with Crippen molar-refractivity contribution in [2.75, 3.05) is 12.0 Å². The first-order valence-corrected chi connectivity index (χ1v) is 5.04. The van der Waals surface area contributed by atoms with Gasteiger partial charge in [0.25, 0.3) is 0 Å². The molecule has 1 rings (SSSR count). The van der Waals surface area contributed by atoms with Crippen molar-refractivity contribution in [1.82, 2.24) is 0 Å². The van der Waals surface area contributed by atoms with E-state index in [1.165, 1.54) is 0 Å². The first-order valence-electron chi connectivity index (χ1n) is 3.27. The minimum atomic E-state index is 0.763. The van der Waals surface area contributed by atoms with Crippen LogP contribution in [-0.2, 0) is 5.75 Å². The van der Waals surface area contributed by atoms with Crippen LogP contribution in [0.4, 0.5) is 5.69 Å². The first kappa shape index (κ1) is 8.75. The summed E-state index contributed by atoms with van der Waals surface area (Å²) in [6.45, 7) is 0. The summed E-state index contributed by atoms with van der Waals surface area (Å²) >= 11 is 7.63. The zero-order chi connectivity index (χ0) is 8.27. The zero-order valence-corrected chi connectivity index (χ0v) is 7.88. The fourth-order valence-electron chi connectivity index (χ4n) is 0.872. The fraction of sp³-hybridized carbons (Fsp3) is 0.250. The molecule has 11 heavy (non-hydrogen) atoms. The summed E-state index contributed by atoms with van der Waals surface area (Å²) in [5.41, 5.74) is 7.54. The van der Waals surface area contributed by atoms with Crippen LogP contribution >= 0.6 is 23.4 Å². The molecule has 0 spiro atoms. The summed E-state index contributed by atoms with van der Waals surface area (Å²) in [5, 5.41) is 0.763. The Hall–Kier alpha value is -0.340. The maximum atomic E-state index is 5.91. The van der Waals surface area contributed by atoms with E-state index in [9.17, 15) is 0 Å². The monoisotopic (exact) mass is 187 g/mol. The number of halogens is 1. The largest absolute Gasteiger partial charge is 0.398 e. The molecule has 2 N–H and O–H groups in total. The van der Waals surface area contributed by atoms with Crippen molar-refractivity contribution in [1.29, 1.82) is 0 Å². The number of thioether (sulfide) groups is 1. The second kappa shape index (κ2) is 3.88. The van der Waals surface area contributed by atoms with Gasteiger partial charge in [-0.3, -0.25) is 0 Å². The summed E-state index contributed by atoms with van der Waals surface area (Å²) in [4.78, 5) is 0. The molecule has 0 fully saturated rings. The highest BCUT2D eigenvalue weighted by atomic mass is 35.5. The summed E-state index contributed by atoms with van der Waals surface area (Å²) < 4.78 is 0. The van der Waals surface area contributed by atoms with Crippen LogP contribution in [0.25, 0.3) is 0 Å². The van der Waals surface area contributed by atoms with Crippen molar-refractivity contribution in [3.8, 4) is 0 Å². The first-order chi connectivity index (χ1) is 5.25. The van der Waals surface area contributed by atoms with Crippen LogP contribution < -0.4 is 5.73 Å². The molecule has 1 aromatic rings. The van der Waals surface area contributed by atoms with Gasteiger partial charge in [-0.25, -0.2) is 0 Å². The van der Waals surface area contributed by atoms with Crippen molar-refractivity contribution in [3.05, 3.63) is 28.8 Å². The van der Waals surface area contributed by atoms with E-state index < -0.39 is 0 Å². The predicted octanol–water partition coefficient (Wildman–Crippen LogP) is 2.79. The molecule has 3 heteroatoms. The summed E-state index contributed by atoms with van der Waals surface area (Å²) in [7, 11) is 0. The third-order valence-corrected chi connectivity index (χ3v) is 2.38. The van der Waals surface area contributed by atoms with Crippen molar-refractivity contribution in [2.24, 2.45) is 0 Å². The Morgan fingerprint density at radius 1 is 1.55 bits per heavy atom. The van der Waals surface area contributed by atoms with E-state index in [0.29, 0.717) is 0 Å². The van der Waals surface area contributed by atoms with Crippen molar-refractivity contribution in [3.63, 3.8) is 0 Å². The van der Waals surface area contributed by atoms with E-state index in [1.807, 2.05) is 24.5 Å². The summed E-state index contributed by atoms with van der Waals surface area (Å²) in [6.07, 6.45) is 2.03. The van der Waals surface area contributed by atoms with Gasteiger partial charge >= 0.3 is 0 Å². The van der Waals surface area contributed by atoms with Gasteiger partial charge in [-0.15, -0.1) is 0 Å². The van der Waals surface area contributed by atoms with Crippen molar-refractivity contribution in [2.45, 2.75) is 5.75 Å². The van der Waals surface area contributed by atoms with Gasteiger partial charge in [0.1, 0.15) is 0 Å². The minimum absolute atomic E-state index is 0.763. The molecule has 0 aliphatic heterocycles. The molecule has 60 valence electrons. The number of rotatable bonds is 2. The van der Waals surface area contributed by atoms with Crippen LogP contribution in [0.1, 0.15) is 5.56 Å². The maximum Gasteiger partial charge on any atom is 0.0466 e. The topological polar surface area (TPSA) is 26.0 Å². The Morgan fingerprint density at radius 2 is 2.27 bits per heavy atom. The molecular weight excluding hydrogens is 178 g/mol. The smallest absolute Gasteiger partial charge is 0.0466 e. The van der Waals surface area contributed by atoms with Gasteiger partial charge in [0.2, 0.25) is 0 Å². The van der Waals surface area contributed by atoms with Crippen LogP contribution in [0.2, 0.25) is 5.02 Å². The second-order valence-corrected chi connectivity index (χ2v) is 3.51. The van der Waals surface area contributed by atoms with Crippen LogP contribution in [0, 0.1) is 0 Å². The third kappa shape index (κ3) is 2.04. The Bertz CT molecular complexity index is 230. The predicted molar refractivity (Wildman–Crippen MR) is 53.1 cm³/mol. The molecule has 0 aliphatic rings. The highest BCUT2D eigenvalue weighted by Gasteiger charge is 2.01. The van der Waals surface area contributed by atoms with Gasteiger partial charge in [-0.05, 0) is 18.4 Å². The van der Waals surface area contributed by atoms with Gasteiger partial charge in [-0.2, -0.15) is 11.8 Å². The molecule has 1 nitrogen and oxygen atoms in total. The number of nitrogens with two attached hydrogens (primary N) is 1. The molecule has 0 aliphatic carbocycles. The Morgan fingerprint density at radius 3 is 2.82 bits per heavy atom. The molecule has 0 unspecified atom stereocenters. The molecule has 0 saturated heterocycles. The van der Waals surface area contributed by atoms with Gasteiger partial charge in [0.05, 0.1) is 0 Å². The normalized spacial score (nSPS) is 10.0. The van der Waals surface area contributed by atoms with Crippen LogP contribution in [0.15, 0.2) is 18.2 Å². The molecule has 0 radical (unpaired) electrons. The molecule has 0 heterocycles. The highest BCUT2D eigenvalue weighted by Crippen LogP contribution is 2.25. The quantitative estimate of drug-likeness (QED) is 0.721. The van der Waals surface area contributed by atoms with E-state index in [-0.39, 0.29) is 0 Å². The van der Waals surface area contributed by atoms with Crippen LogP contribution in [-0.4, -0.2) is 6.26 Å². The number of hydrogen-bond donors (Lipinski definition) is 1. The molecular formula is C8H10ClNS. The summed E-state index contributed by atoms with van der Waals surface area (Å²) in [6, 6.07) is 5.60. The van der Waals surface area contributed by atoms with E-state index in [2.05, 4.69) is 0 Å². The lowest BCUT2D eigenvalue weighted by Crippen LogP contribution is -1.92. The van der Waals surface area contributed by atoms with E-state index in [1.54, 1.807) is 11.8 Å². The van der Waals surface area contributed by atoms with Gasteiger partial charge in [0, 0.05) is 22.0 Å². The van der Waals surface area contributed by atoms with Crippen molar-refractivity contribution < 1.29 is 0 Å². The molecule has 0 aromatic heterocycles. The Kier molecular flexibility index (Phi) is 3.09. The number of nitrogen functional groups attached to an aromatic ring is 1. The maximum absolute atomic E-state index is 5.91. The lowest BCUT2D eigenvalue weighted by molar-refractivity contribution is 1.42. The number of benzene rings is 1. The average molecular weight is 188 g/mol. The standard InChI is InChI=1S/C8H10ClNS/c1-11-5-6-7(9)3-2-4-8(6)10/h2-4H,5,10H2,1H3. The summed E-state index contributed by atoms with van der Waals surface area (Å²) in [5.74, 6) is 0.880. The van der Waals surface area contributed by atoms with Crippen LogP contribution in [0.5, 0.6) is 0 Å². The van der Waals surface area contributed by atoms with E-state index in [4.69, 9.17) is 17.3 Å². The molecule has 1 aromatic carbocycles. The molecule has 0 atom stereocenters. The second-order valence-electron chi connectivity index (χ2n) is 2.24. The fourth-order valence-corrected chi connectivity index (χ4v) is 1.81. The van der Waals surface area contributed by atoms with E-state index in [0.717, 1.165) is 22.0 Å². The lowest BCUT2D eigenvalue weighted by atomic mass is 10.2. The lowest BCUT2D eigenvalue weighted by Gasteiger charge is -2.04. The number of hydrogen-bond acceptors (Lipinski definition) is 2. The molecule has 0 bridgehead atoms. The van der Waals surface area contributed by atoms with Crippen molar-refractivity contribution >= 4 is 29.1 Å². The molecule has 0 amide bonds. The van der Waals surface area contributed by atoms with E-state index >= 15 is 0 Å². The van der Waals surface area contributed by atoms with Gasteiger partial charge in [-0.1, -0.05) is 17.7 Å².